The van der Waals surface area contributed by atoms with E-state index in [1.54, 1.807) is 19.3 Å². The maximum absolute atomic E-state index is 5.80. The van der Waals surface area contributed by atoms with E-state index in [2.05, 4.69) is 15.3 Å². The summed E-state index contributed by atoms with van der Waals surface area (Å²) in [6, 6.07) is 9.22. The van der Waals surface area contributed by atoms with E-state index < -0.39 is 0 Å². The fraction of sp³-hybridized carbons (Fsp3) is 0.167. The van der Waals surface area contributed by atoms with E-state index in [0.717, 1.165) is 5.56 Å². The molecule has 0 amide bonds. The Bertz CT molecular complexity index is 487. The topological polar surface area (TPSA) is 47.0 Å². The van der Waals surface area contributed by atoms with Crippen molar-refractivity contribution in [1.29, 1.82) is 0 Å². The number of anilines is 1. The molecule has 1 aromatic heterocycles. The molecule has 0 saturated carbocycles. The summed E-state index contributed by atoms with van der Waals surface area (Å²) in [6.07, 6.45) is 1.65. The van der Waals surface area contributed by atoms with Crippen LogP contribution in [0.15, 0.2) is 36.5 Å². The molecule has 0 unspecified atom stereocenters. The van der Waals surface area contributed by atoms with Gasteiger partial charge in [0.15, 0.2) is 0 Å². The van der Waals surface area contributed by atoms with Gasteiger partial charge in [-0.2, -0.15) is 4.98 Å². The highest BCUT2D eigenvalue weighted by molar-refractivity contribution is 6.30. The van der Waals surface area contributed by atoms with Crippen LogP contribution in [0, 0.1) is 0 Å². The number of hydrogen-bond donors (Lipinski definition) is 1. The molecule has 5 heteroatoms. The number of benzene rings is 1. The summed E-state index contributed by atoms with van der Waals surface area (Å²) < 4.78 is 5.54. The van der Waals surface area contributed by atoms with Crippen molar-refractivity contribution in [1.82, 2.24) is 9.97 Å². The Hall–Kier alpha value is -1.81. The van der Waals surface area contributed by atoms with Gasteiger partial charge in [0.2, 0.25) is 11.8 Å². The second-order valence-corrected chi connectivity index (χ2v) is 3.82. The highest BCUT2D eigenvalue weighted by Gasteiger charge is 1.99. The van der Waals surface area contributed by atoms with Crippen LogP contribution in [0.2, 0.25) is 5.02 Å². The van der Waals surface area contributed by atoms with Gasteiger partial charge in [-0.25, -0.2) is 4.98 Å². The second-order valence-electron chi connectivity index (χ2n) is 3.38. The van der Waals surface area contributed by atoms with Crippen LogP contribution in [0.4, 0.5) is 5.95 Å². The minimum Gasteiger partial charge on any atom is -0.473 e. The molecule has 1 aromatic carbocycles. The summed E-state index contributed by atoms with van der Waals surface area (Å²) >= 11 is 5.80. The van der Waals surface area contributed by atoms with Gasteiger partial charge in [0.05, 0.1) is 0 Å². The fourth-order valence-electron chi connectivity index (χ4n) is 1.28. The van der Waals surface area contributed by atoms with Gasteiger partial charge in [-0.05, 0) is 17.7 Å². The Morgan fingerprint density at radius 3 is 2.71 bits per heavy atom. The van der Waals surface area contributed by atoms with Gasteiger partial charge >= 0.3 is 0 Å². The van der Waals surface area contributed by atoms with E-state index >= 15 is 0 Å². The summed E-state index contributed by atoms with van der Waals surface area (Å²) in [4.78, 5) is 8.16. The number of ether oxygens (including phenoxy) is 1. The summed E-state index contributed by atoms with van der Waals surface area (Å²) in [6.45, 7) is 0.456. The molecule has 0 atom stereocenters. The first kappa shape index (κ1) is 11.7. The highest BCUT2D eigenvalue weighted by Crippen LogP contribution is 2.13. The minimum atomic E-state index is 0.456. The zero-order chi connectivity index (χ0) is 12.1. The quantitative estimate of drug-likeness (QED) is 0.905. The lowest BCUT2D eigenvalue weighted by molar-refractivity contribution is 0.294. The molecule has 1 heterocycles. The molecule has 1 N–H and O–H groups in total. The predicted molar refractivity (Wildman–Crippen MR) is 67.4 cm³/mol. The third-order valence-corrected chi connectivity index (χ3v) is 2.41. The van der Waals surface area contributed by atoms with Crippen molar-refractivity contribution in [3.8, 4) is 5.88 Å². The van der Waals surface area contributed by atoms with Gasteiger partial charge in [0.1, 0.15) is 6.61 Å². The first-order valence-corrected chi connectivity index (χ1v) is 5.54. The van der Waals surface area contributed by atoms with E-state index in [1.807, 2.05) is 24.3 Å². The van der Waals surface area contributed by atoms with Crippen LogP contribution in [0.25, 0.3) is 0 Å². The number of rotatable bonds is 4. The zero-order valence-corrected chi connectivity index (χ0v) is 10.1. The molecule has 4 nitrogen and oxygen atoms in total. The highest BCUT2D eigenvalue weighted by atomic mass is 35.5. The molecule has 88 valence electrons. The molecular formula is C12H12ClN3O. The molecule has 0 aliphatic carbocycles. The van der Waals surface area contributed by atoms with E-state index in [9.17, 15) is 0 Å². The van der Waals surface area contributed by atoms with Crippen LogP contribution >= 0.6 is 11.6 Å². The van der Waals surface area contributed by atoms with Crippen molar-refractivity contribution >= 4 is 17.5 Å². The SMILES string of the molecule is CNc1nccc(OCc2ccc(Cl)cc2)n1. The number of nitrogens with one attached hydrogen (secondary N) is 1. The first-order valence-electron chi connectivity index (χ1n) is 5.16. The van der Waals surface area contributed by atoms with Crippen molar-refractivity contribution in [2.24, 2.45) is 0 Å². The minimum absolute atomic E-state index is 0.456. The van der Waals surface area contributed by atoms with E-state index in [1.165, 1.54) is 0 Å². The summed E-state index contributed by atoms with van der Waals surface area (Å²) in [5.74, 6) is 1.08. The predicted octanol–water partition coefficient (Wildman–Crippen LogP) is 2.75. The summed E-state index contributed by atoms with van der Waals surface area (Å²) in [5, 5.41) is 3.57. The van der Waals surface area contributed by atoms with Gasteiger partial charge in [-0.15, -0.1) is 0 Å². The summed E-state index contributed by atoms with van der Waals surface area (Å²) in [7, 11) is 1.76. The van der Waals surface area contributed by atoms with Crippen LogP contribution < -0.4 is 10.1 Å². The van der Waals surface area contributed by atoms with Crippen molar-refractivity contribution in [3.63, 3.8) is 0 Å². The number of aromatic nitrogens is 2. The molecule has 0 fully saturated rings. The van der Waals surface area contributed by atoms with E-state index in [0.29, 0.717) is 23.5 Å². The Kier molecular flexibility index (Phi) is 3.77. The molecule has 17 heavy (non-hydrogen) atoms. The second kappa shape index (κ2) is 5.50. The maximum Gasteiger partial charge on any atom is 0.225 e. The van der Waals surface area contributed by atoms with Gasteiger partial charge in [-0.1, -0.05) is 23.7 Å². The average molecular weight is 250 g/mol. The lowest BCUT2D eigenvalue weighted by atomic mass is 10.2. The molecule has 2 rings (SSSR count). The average Bonchev–Trinajstić information content (AvgIpc) is 2.38. The monoisotopic (exact) mass is 249 g/mol. The lowest BCUT2D eigenvalue weighted by Gasteiger charge is -2.06. The van der Waals surface area contributed by atoms with Crippen LogP contribution in [-0.2, 0) is 6.61 Å². The zero-order valence-electron chi connectivity index (χ0n) is 9.35. The van der Waals surface area contributed by atoms with E-state index in [4.69, 9.17) is 16.3 Å². The van der Waals surface area contributed by atoms with Crippen LogP contribution in [0.1, 0.15) is 5.56 Å². The normalized spacial score (nSPS) is 10.0. The molecule has 0 saturated heterocycles. The smallest absolute Gasteiger partial charge is 0.225 e. The Balaban J connectivity index is 1.99. The molecule has 2 aromatic rings. The van der Waals surface area contributed by atoms with E-state index in [-0.39, 0.29) is 0 Å². The molecule has 0 spiro atoms. The molecule has 0 bridgehead atoms. The maximum atomic E-state index is 5.80. The van der Waals surface area contributed by atoms with Crippen molar-refractivity contribution in [3.05, 3.63) is 47.1 Å². The van der Waals surface area contributed by atoms with Crippen LogP contribution in [0.5, 0.6) is 5.88 Å². The molecule has 0 aliphatic heterocycles. The van der Waals surface area contributed by atoms with Crippen molar-refractivity contribution in [2.75, 3.05) is 12.4 Å². The molecule has 0 radical (unpaired) electrons. The Labute approximate surface area is 105 Å². The van der Waals surface area contributed by atoms with Gasteiger partial charge in [-0.3, -0.25) is 0 Å². The fourth-order valence-corrected chi connectivity index (χ4v) is 1.41. The Morgan fingerprint density at radius 1 is 1.24 bits per heavy atom. The van der Waals surface area contributed by atoms with Crippen molar-refractivity contribution in [2.45, 2.75) is 6.61 Å². The number of hydrogen-bond acceptors (Lipinski definition) is 4. The summed E-state index contributed by atoms with van der Waals surface area (Å²) in [5.41, 5.74) is 1.04. The van der Waals surface area contributed by atoms with Gasteiger partial charge in [0, 0.05) is 24.3 Å². The first-order chi connectivity index (χ1) is 8.28. The number of nitrogens with zero attached hydrogens (tertiary/aromatic N) is 2. The third-order valence-electron chi connectivity index (χ3n) is 2.15. The standard InChI is InChI=1S/C12H12ClN3O/c1-14-12-15-7-6-11(16-12)17-8-9-2-4-10(13)5-3-9/h2-7H,8H2,1H3,(H,14,15,16). The lowest BCUT2D eigenvalue weighted by Crippen LogP contribution is -2.00. The molecule has 0 aliphatic rings. The number of halogens is 1. The third kappa shape index (κ3) is 3.32. The van der Waals surface area contributed by atoms with Crippen LogP contribution in [-0.4, -0.2) is 17.0 Å². The molecular weight excluding hydrogens is 238 g/mol. The van der Waals surface area contributed by atoms with Crippen LogP contribution in [0.3, 0.4) is 0 Å². The largest absolute Gasteiger partial charge is 0.473 e. The van der Waals surface area contributed by atoms with Gasteiger partial charge in [0.25, 0.3) is 0 Å². The Morgan fingerprint density at radius 2 is 2.00 bits per heavy atom. The van der Waals surface area contributed by atoms with Crippen molar-refractivity contribution < 1.29 is 4.74 Å². The van der Waals surface area contributed by atoms with Gasteiger partial charge < -0.3 is 10.1 Å².